The number of nitrogens with zero attached hydrogens (tertiary/aromatic N) is 1. The van der Waals surface area contributed by atoms with Crippen molar-refractivity contribution in [3.05, 3.63) is 47.4 Å². The van der Waals surface area contributed by atoms with Crippen LogP contribution in [0.25, 0.3) is 0 Å². The normalized spacial score (nSPS) is 10.3. The first-order valence-corrected chi connectivity index (χ1v) is 5.10. The second-order valence-electron chi connectivity index (χ2n) is 3.57. The van der Waals surface area contributed by atoms with E-state index in [0.29, 0.717) is 5.56 Å². The van der Waals surface area contributed by atoms with Gasteiger partial charge in [0.05, 0.1) is 13.3 Å². The summed E-state index contributed by atoms with van der Waals surface area (Å²) in [5, 5.41) is 8.67. The smallest absolute Gasteiger partial charge is 0.373 e. The van der Waals surface area contributed by atoms with Crippen LogP contribution in [-0.2, 0) is 6.42 Å². The lowest BCUT2D eigenvalue weighted by molar-refractivity contribution is 0.0660. The zero-order chi connectivity index (χ0) is 13.1. The lowest BCUT2D eigenvalue weighted by Crippen LogP contribution is -1.93. The number of ether oxygens (including phenoxy) is 1. The van der Waals surface area contributed by atoms with Gasteiger partial charge in [-0.3, -0.25) is 0 Å². The number of hydrogen-bond donors (Lipinski definition) is 1. The van der Waals surface area contributed by atoms with Gasteiger partial charge in [0, 0.05) is 6.42 Å². The molecule has 0 saturated heterocycles. The molecule has 0 radical (unpaired) electrons. The molecule has 2 rings (SSSR count). The van der Waals surface area contributed by atoms with E-state index in [9.17, 15) is 9.18 Å². The molecule has 0 amide bonds. The molecule has 1 aromatic carbocycles. The molecule has 0 atom stereocenters. The third kappa shape index (κ3) is 2.48. The van der Waals surface area contributed by atoms with Crippen molar-refractivity contribution in [2.45, 2.75) is 6.42 Å². The molecule has 0 spiro atoms. The van der Waals surface area contributed by atoms with Crippen LogP contribution < -0.4 is 4.74 Å². The highest BCUT2D eigenvalue weighted by atomic mass is 19.1. The van der Waals surface area contributed by atoms with Gasteiger partial charge in [-0.25, -0.2) is 14.2 Å². The monoisotopic (exact) mass is 251 g/mol. The number of aromatic carboxylic acids is 1. The van der Waals surface area contributed by atoms with Crippen molar-refractivity contribution in [3.8, 4) is 5.75 Å². The van der Waals surface area contributed by atoms with Crippen molar-refractivity contribution in [1.82, 2.24) is 4.98 Å². The van der Waals surface area contributed by atoms with Crippen LogP contribution >= 0.6 is 0 Å². The first kappa shape index (κ1) is 12.1. The van der Waals surface area contributed by atoms with Gasteiger partial charge >= 0.3 is 5.97 Å². The highest BCUT2D eigenvalue weighted by Crippen LogP contribution is 2.19. The van der Waals surface area contributed by atoms with Gasteiger partial charge in [-0.05, 0) is 17.7 Å². The van der Waals surface area contributed by atoms with Crippen molar-refractivity contribution >= 4 is 5.97 Å². The van der Waals surface area contributed by atoms with Crippen molar-refractivity contribution in [3.63, 3.8) is 0 Å². The average molecular weight is 251 g/mol. The van der Waals surface area contributed by atoms with Crippen LogP contribution in [0, 0.1) is 5.82 Å². The number of rotatable bonds is 4. The minimum atomic E-state index is -1.19. The summed E-state index contributed by atoms with van der Waals surface area (Å²) in [5.41, 5.74) is 0.618. The highest BCUT2D eigenvalue weighted by molar-refractivity contribution is 5.83. The van der Waals surface area contributed by atoms with Gasteiger partial charge in [-0.15, -0.1) is 0 Å². The molecule has 0 bridgehead atoms. The maximum atomic E-state index is 13.4. The fourth-order valence-corrected chi connectivity index (χ4v) is 1.49. The lowest BCUT2D eigenvalue weighted by Gasteiger charge is -2.03. The molecule has 1 aromatic heterocycles. The zero-order valence-corrected chi connectivity index (χ0v) is 9.51. The minimum Gasteiger partial charge on any atom is -0.494 e. The van der Waals surface area contributed by atoms with Crippen LogP contribution in [0.4, 0.5) is 4.39 Å². The summed E-state index contributed by atoms with van der Waals surface area (Å²) in [6, 6.07) is 4.45. The van der Waals surface area contributed by atoms with Crippen molar-refractivity contribution in [2.75, 3.05) is 7.11 Å². The quantitative estimate of drug-likeness (QED) is 0.900. The van der Waals surface area contributed by atoms with Crippen LogP contribution in [0.1, 0.15) is 22.0 Å². The molecule has 5 nitrogen and oxygen atoms in total. The first-order valence-electron chi connectivity index (χ1n) is 5.10. The van der Waals surface area contributed by atoms with Crippen LogP contribution in [0.2, 0.25) is 0 Å². The SMILES string of the molecule is COc1ccc(Cc2ncc(C(=O)O)o2)cc1F. The minimum absolute atomic E-state index is 0.150. The number of benzene rings is 1. The third-order valence-electron chi connectivity index (χ3n) is 2.34. The molecule has 0 aliphatic rings. The van der Waals surface area contributed by atoms with Crippen molar-refractivity contribution < 1.29 is 23.4 Å². The predicted molar refractivity (Wildman–Crippen MR) is 59.2 cm³/mol. The van der Waals surface area contributed by atoms with E-state index in [2.05, 4.69) is 4.98 Å². The third-order valence-corrected chi connectivity index (χ3v) is 2.34. The molecule has 2 aromatic rings. The fourth-order valence-electron chi connectivity index (χ4n) is 1.49. The molecule has 1 heterocycles. The number of carbonyl (C=O) groups is 1. The van der Waals surface area contributed by atoms with Gasteiger partial charge in [0.2, 0.25) is 5.76 Å². The Bertz CT molecular complexity index is 579. The number of hydrogen-bond acceptors (Lipinski definition) is 4. The molecule has 0 fully saturated rings. The van der Waals surface area contributed by atoms with Crippen LogP contribution in [0.15, 0.2) is 28.8 Å². The number of carboxylic acid groups (broad SMARTS) is 1. The topological polar surface area (TPSA) is 72.6 Å². The summed E-state index contributed by atoms with van der Waals surface area (Å²) in [7, 11) is 1.38. The predicted octanol–water partition coefficient (Wildman–Crippen LogP) is 2.11. The highest BCUT2D eigenvalue weighted by Gasteiger charge is 2.11. The second-order valence-corrected chi connectivity index (χ2v) is 3.57. The standard InChI is InChI=1S/C12H10FNO4/c1-17-9-3-2-7(4-8(9)13)5-11-14-6-10(18-11)12(15)16/h2-4,6H,5H2,1H3,(H,15,16). The Morgan fingerprint density at radius 2 is 2.33 bits per heavy atom. The first-order chi connectivity index (χ1) is 8.60. The van der Waals surface area contributed by atoms with E-state index >= 15 is 0 Å². The van der Waals surface area contributed by atoms with E-state index in [1.54, 1.807) is 6.07 Å². The van der Waals surface area contributed by atoms with E-state index in [4.69, 9.17) is 14.3 Å². The van der Waals surface area contributed by atoms with Gasteiger partial charge in [0.15, 0.2) is 17.5 Å². The second kappa shape index (κ2) is 4.87. The largest absolute Gasteiger partial charge is 0.494 e. The van der Waals surface area contributed by atoms with Gasteiger partial charge in [-0.1, -0.05) is 6.07 Å². The Morgan fingerprint density at radius 1 is 1.56 bits per heavy atom. The summed E-state index contributed by atoms with van der Waals surface area (Å²) < 4.78 is 23.2. The summed E-state index contributed by atoms with van der Waals surface area (Å²) in [4.78, 5) is 14.4. The van der Waals surface area contributed by atoms with Crippen LogP contribution in [0.3, 0.4) is 0 Å². The molecular formula is C12H10FNO4. The Hall–Kier alpha value is -2.37. The van der Waals surface area contributed by atoms with Gasteiger partial charge < -0.3 is 14.3 Å². The van der Waals surface area contributed by atoms with Crippen molar-refractivity contribution in [2.24, 2.45) is 0 Å². The Kier molecular flexibility index (Phi) is 3.27. The summed E-state index contributed by atoms with van der Waals surface area (Å²) in [5.74, 6) is -1.54. The fraction of sp³-hybridized carbons (Fsp3) is 0.167. The van der Waals surface area contributed by atoms with E-state index in [1.165, 1.54) is 19.2 Å². The summed E-state index contributed by atoms with van der Waals surface area (Å²) >= 11 is 0. The van der Waals surface area contributed by atoms with E-state index < -0.39 is 11.8 Å². The molecule has 0 unspecified atom stereocenters. The average Bonchev–Trinajstić information content (AvgIpc) is 2.78. The number of carboxylic acids is 1. The van der Waals surface area contributed by atoms with E-state index in [0.717, 1.165) is 6.20 Å². The molecule has 0 saturated carbocycles. The molecule has 94 valence electrons. The molecule has 0 aliphatic carbocycles. The number of methoxy groups -OCH3 is 1. The van der Waals surface area contributed by atoms with Gasteiger partial charge in [0.1, 0.15) is 0 Å². The van der Waals surface area contributed by atoms with E-state index in [1.807, 2.05) is 0 Å². The van der Waals surface area contributed by atoms with Gasteiger partial charge in [0.25, 0.3) is 0 Å². The molecule has 6 heteroatoms. The Labute approximate surface area is 102 Å². The van der Waals surface area contributed by atoms with Gasteiger partial charge in [-0.2, -0.15) is 0 Å². The summed E-state index contributed by atoms with van der Waals surface area (Å²) in [6.45, 7) is 0. The number of halogens is 1. The number of oxazole rings is 1. The Morgan fingerprint density at radius 3 is 2.89 bits per heavy atom. The van der Waals surface area contributed by atoms with E-state index in [-0.39, 0.29) is 23.8 Å². The molecule has 0 aliphatic heterocycles. The van der Waals surface area contributed by atoms with Crippen LogP contribution in [-0.4, -0.2) is 23.2 Å². The maximum Gasteiger partial charge on any atom is 0.373 e. The zero-order valence-electron chi connectivity index (χ0n) is 9.51. The molecule has 1 N–H and O–H groups in total. The maximum absolute atomic E-state index is 13.4. The molecule has 18 heavy (non-hydrogen) atoms. The Balaban J connectivity index is 2.18. The number of aromatic nitrogens is 1. The molecular weight excluding hydrogens is 241 g/mol. The van der Waals surface area contributed by atoms with Crippen LogP contribution in [0.5, 0.6) is 5.75 Å². The lowest BCUT2D eigenvalue weighted by atomic mass is 10.1. The summed E-state index contributed by atoms with van der Waals surface area (Å²) in [6.07, 6.45) is 1.34. The van der Waals surface area contributed by atoms with Crippen molar-refractivity contribution in [1.29, 1.82) is 0 Å².